The molecule has 4 rings (SSSR count). The van der Waals surface area contributed by atoms with Crippen LogP contribution in [0.25, 0.3) is 17.0 Å². The minimum atomic E-state index is -0.0802. The summed E-state index contributed by atoms with van der Waals surface area (Å²) >= 11 is 0. The Morgan fingerprint density at radius 3 is 2.79 bits per heavy atom. The van der Waals surface area contributed by atoms with Crippen molar-refractivity contribution in [3.05, 3.63) is 118 Å². The maximum atomic E-state index is 11.7. The fraction of sp³-hybridized carbons (Fsp3) is 0.368. The molecule has 0 fully saturated rings. The minimum Gasteiger partial charge on any atom is -0.466 e. The quantitative estimate of drug-likeness (QED) is 0.105. The Labute approximate surface area is 257 Å². The molecular formula is C38H45N3O2. The molecule has 5 heteroatoms. The number of carbonyl (C=O) groups is 1. The van der Waals surface area contributed by atoms with Crippen molar-refractivity contribution in [2.45, 2.75) is 85.0 Å². The van der Waals surface area contributed by atoms with Crippen LogP contribution in [-0.2, 0) is 9.53 Å². The summed E-state index contributed by atoms with van der Waals surface area (Å²) in [6.07, 6.45) is 31.6. The molecule has 224 valence electrons. The number of esters is 1. The fourth-order valence-electron chi connectivity index (χ4n) is 5.38. The molecule has 0 saturated carbocycles. The van der Waals surface area contributed by atoms with E-state index in [4.69, 9.17) is 9.72 Å². The summed E-state index contributed by atoms with van der Waals surface area (Å²) in [4.78, 5) is 16.4. The number of allylic oxidation sites excluding steroid dienone is 13. The lowest BCUT2D eigenvalue weighted by molar-refractivity contribution is -0.143. The van der Waals surface area contributed by atoms with Crippen LogP contribution in [0.1, 0.15) is 89.3 Å². The van der Waals surface area contributed by atoms with Gasteiger partial charge in [0.05, 0.1) is 24.2 Å². The first-order valence-corrected chi connectivity index (χ1v) is 15.8. The van der Waals surface area contributed by atoms with E-state index in [-0.39, 0.29) is 5.97 Å². The van der Waals surface area contributed by atoms with Crippen molar-refractivity contribution < 1.29 is 9.53 Å². The minimum absolute atomic E-state index is 0.0802. The third kappa shape index (κ3) is 9.66. The lowest BCUT2D eigenvalue weighted by Crippen LogP contribution is -2.03. The van der Waals surface area contributed by atoms with Gasteiger partial charge in [0.25, 0.3) is 0 Å². The van der Waals surface area contributed by atoms with Gasteiger partial charge < -0.3 is 4.74 Å². The highest BCUT2D eigenvalue weighted by Gasteiger charge is 2.14. The first-order chi connectivity index (χ1) is 21.1. The van der Waals surface area contributed by atoms with Crippen LogP contribution in [0.4, 0.5) is 0 Å². The van der Waals surface area contributed by atoms with Crippen molar-refractivity contribution in [2.75, 3.05) is 6.61 Å². The third-order valence-electron chi connectivity index (χ3n) is 7.65. The smallest absolute Gasteiger partial charge is 0.305 e. The number of nitrogens with zero attached hydrogens (tertiary/aromatic N) is 2. The zero-order chi connectivity index (χ0) is 30.3. The number of ether oxygens (including phenoxy) is 1. The maximum Gasteiger partial charge on any atom is 0.305 e. The number of hydrogen-bond donors (Lipinski definition) is 1. The van der Waals surface area contributed by atoms with E-state index in [1.165, 1.54) is 16.7 Å². The molecule has 2 aliphatic carbocycles. The molecule has 2 aromatic heterocycles. The molecule has 2 aromatic rings. The zero-order valence-electron chi connectivity index (χ0n) is 26.0. The van der Waals surface area contributed by atoms with Gasteiger partial charge in [0.15, 0.2) is 0 Å². The average molecular weight is 576 g/mol. The van der Waals surface area contributed by atoms with E-state index >= 15 is 0 Å². The van der Waals surface area contributed by atoms with Crippen LogP contribution < -0.4 is 0 Å². The molecule has 2 heterocycles. The molecule has 0 saturated heterocycles. The van der Waals surface area contributed by atoms with E-state index in [0.29, 0.717) is 13.0 Å². The number of aromatic amines is 1. The summed E-state index contributed by atoms with van der Waals surface area (Å²) in [5, 5.41) is 7.50. The molecule has 0 spiro atoms. The Kier molecular flexibility index (Phi) is 12.6. The molecule has 2 aliphatic rings. The van der Waals surface area contributed by atoms with E-state index in [1.807, 2.05) is 38.2 Å². The summed E-state index contributed by atoms with van der Waals surface area (Å²) < 4.78 is 5.07. The van der Waals surface area contributed by atoms with Crippen molar-refractivity contribution in [1.82, 2.24) is 15.2 Å². The van der Waals surface area contributed by atoms with E-state index in [2.05, 4.69) is 77.5 Å². The molecular weight excluding hydrogens is 530 g/mol. The second kappa shape index (κ2) is 17.0. The van der Waals surface area contributed by atoms with Gasteiger partial charge in [0.2, 0.25) is 0 Å². The number of fused-ring (bicyclic) bond motifs is 1. The van der Waals surface area contributed by atoms with Crippen molar-refractivity contribution in [1.29, 1.82) is 0 Å². The van der Waals surface area contributed by atoms with Gasteiger partial charge in [0, 0.05) is 23.3 Å². The van der Waals surface area contributed by atoms with Crippen LogP contribution in [0, 0.1) is 6.92 Å². The monoisotopic (exact) mass is 575 g/mol. The summed E-state index contributed by atoms with van der Waals surface area (Å²) in [5.74, 6) is -0.0802. The van der Waals surface area contributed by atoms with E-state index in [9.17, 15) is 4.79 Å². The van der Waals surface area contributed by atoms with Crippen LogP contribution >= 0.6 is 0 Å². The molecule has 0 aromatic carbocycles. The average Bonchev–Trinajstić information content (AvgIpc) is 3.47. The van der Waals surface area contributed by atoms with Crippen molar-refractivity contribution in [3.63, 3.8) is 0 Å². The number of nitrogens with one attached hydrogen (secondary N) is 1. The first-order valence-electron chi connectivity index (χ1n) is 15.8. The van der Waals surface area contributed by atoms with Crippen LogP contribution in [0.2, 0.25) is 0 Å². The summed E-state index contributed by atoms with van der Waals surface area (Å²) in [7, 11) is 0. The lowest BCUT2D eigenvalue weighted by Gasteiger charge is -2.15. The predicted octanol–water partition coefficient (Wildman–Crippen LogP) is 9.65. The Morgan fingerprint density at radius 1 is 1.07 bits per heavy atom. The Bertz CT molecular complexity index is 1500. The second-order valence-corrected chi connectivity index (χ2v) is 11.0. The van der Waals surface area contributed by atoms with Gasteiger partial charge in [-0.05, 0) is 99.8 Å². The first kappa shape index (κ1) is 31.7. The zero-order valence-corrected chi connectivity index (χ0v) is 26.0. The molecule has 0 amide bonds. The molecule has 5 nitrogen and oxygen atoms in total. The summed E-state index contributed by atoms with van der Waals surface area (Å²) in [5.41, 5.74) is 13.6. The maximum absolute atomic E-state index is 11.7. The molecule has 0 aliphatic heterocycles. The standard InChI is InChI=1S/C38H45N3O2/c1-4-6-16-30(17-9-7-12-23-37(42)43-5-2)24-25-31-18-10-8-11-19-32-26-27-33(20-14-21-34(31)32)35-28-39-41-38(35)36-22-13-15-29(3)40-36/h10-11,13-16,18,20-22,26-28H,4-9,12,17,23-25H2,1-3H3,(H,39,41)/b18-10?,21-14+,27-26-,30-16+,33-20-,34-31?. The number of carbonyl (C=O) groups excluding carboxylic acids is 1. The molecule has 1 N–H and O–H groups in total. The van der Waals surface area contributed by atoms with Gasteiger partial charge in [-0.1, -0.05) is 73.9 Å². The van der Waals surface area contributed by atoms with E-state index in [1.54, 1.807) is 0 Å². The Hall–Kier alpha value is -4.21. The van der Waals surface area contributed by atoms with Crippen LogP contribution in [0.3, 0.4) is 0 Å². The van der Waals surface area contributed by atoms with Gasteiger partial charge in [0.1, 0.15) is 0 Å². The normalized spacial score (nSPS) is 17.6. The summed E-state index contributed by atoms with van der Waals surface area (Å²) in [6.45, 7) is 6.55. The van der Waals surface area contributed by atoms with Crippen LogP contribution in [-0.4, -0.2) is 27.8 Å². The highest BCUT2D eigenvalue weighted by atomic mass is 16.5. The molecule has 0 unspecified atom stereocenters. The molecule has 0 bridgehead atoms. The Balaban J connectivity index is 1.51. The molecule has 0 atom stereocenters. The van der Waals surface area contributed by atoms with Gasteiger partial charge in [-0.15, -0.1) is 5.73 Å². The number of pyridine rings is 1. The van der Waals surface area contributed by atoms with Crippen molar-refractivity contribution in [2.24, 2.45) is 0 Å². The van der Waals surface area contributed by atoms with E-state index in [0.717, 1.165) is 91.6 Å². The van der Waals surface area contributed by atoms with Gasteiger partial charge in [-0.25, -0.2) is 0 Å². The number of hydrogen-bond acceptors (Lipinski definition) is 4. The second-order valence-electron chi connectivity index (χ2n) is 11.0. The number of aryl methyl sites for hydroxylation is 1. The number of rotatable bonds is 14. The number of unbranched alkanes of at least 4 members (excludes halogenated alkanes) is 3. The van der Waals surface area contributed by atoms with Gasteiger partial charge in [-0.2, -0.15) is 5.10 Å². The summed E-state index contributed by atoms with van der Waals surface area (Å²) in [6, 6.07) is 6.04. The Morgan fingerprint density at radius 2 is 1.95 bits per heavy atom. The van der Waals surface area contributed by atoms with Crippen LogP contribution in [0.15, 0.2) is 107 Å². The highest BCUT2D eigenvalue weighted by Crippen LogP contribution is 2.31. The SMILES string of the molecule is CCC/C=C(\CCCCCC(=O)OCC)CCC1=C2/C=C/C=C(c3cn[nH]c3-c3cccc(C)n3)/C=C\C2=C=CCC=C1. The van der Waals surface area contributed by atoms with Gasteiger partial charge in [-0.3, -0.25) is 14.9 Å². The highest BCUT2D eigenvalue weighted by molar-refractivity contribution is 5.84. The van der Waals surface area contributed by atoms with Crippen LogP contribution in [0.5, 0.6) is 0 Å². The molecule has 0 radical (unpaired) electrons. The largest absolute Gasteiger partial charge is 0.466 e. The lowest BCUT2D eigenvalue weighted by atomic mass is 9.90. The van der Waals surface area contributed by atoms with Gasteiger partial charge >= 0.3 is 5.97 Å². The van der Waals surface area contributed by atoms with E-state index < -0.39 is 0 Å². The topological polar surface area (TPSA) is 67.9 Å². The number of aromatic nitrogens is 3. The number of H-pyrrole nitrogens is 1. The van der Waals surface area contributed by atoms with Crippen molar-refractivity contribution >= 4 is 11.5 Å². The molecule has 43 heavy (non-hydrogen) atoms. The fourth-order valence-corrected chi connectivity index (χ4v) is 5.38. The van der Waals surface area contributed by atoms with Crippen molar-refractivity contribution in [3.8, 4) is 11.4 Å². The predicted molar refractivity (Wildman–Crippen MR) is 177 cm³/mol. The third-order valence-corrected chi connectivity index (χ3v) is 7.65.